The van der Waals surface area contributed by atoms with Crippen LogP contribution in [0.1, 0.15) is 19.8 Å². The standard InChI is InChI=1S/C17H20N2O2S/c1-14-8-12-19(13-9-14)22(20,21)17-4-2-15(3-5-17)16-6-10-18-11-7-16/h2-7,10-11,14H,8-9,12-13H2,1H3. The zero-order valence-corrected chi connectivity index (χ0v) is 13.5. The van der Waals surface area contributed by atoms with Gasteiger partial charge in [0.25, 0.3) is 0 Å². The Morgan fingerprint density at radius 2 is 1.50 bits per heavy atom. The van der Waals surface area contributed by atoms with E-state index in [1.54, 1.807) is 28.8 Å². The van der Waals surface area contributed by atoms with Gasteiger partial charge in [-0.2, -0.15) is 4.31 Å². The molecule has 0 amide bonds. The van der Waals surface area contributed by atoms with Gasteiger partial charge in [0, 0.05) is 25.5 Å². The van der Waals surface area contributed by atoms with E-state index < -0.39 is 10.0 Å². The molecule has 22 heavy (non-hydrogen) atoms. The number of hydrogen-bond donors (Lipinski definition) is 0. The maximum absolute atomic E-state index is 12.7. The molecule has 2 aromatic rings. The zero-order valence-electron chi connectivity index (χ0n) is 12.6. The van der Waals surface area contributed by atoms with Gasteiger partial charge in [0.15, 0.2) is 0 Å². The first-order chi connectivity index (χ1) is 10.6. The lowest BCUT2D eigenvalue weighted by Crippen LogP contribution is -2.37. The fraction of sp³-hybridized carbons (Fsp3) is 0.353. The van der Waals surface area contributed by atoms with Crippen molar-refractivity contribution in [1.29, 1.82) is 0 Å². The topological polar surface area (TPSA) is 50.3 Å². The van der Waals surface area contributed by atoms with E-state index >= 15 is 0 Å². The summed E-state index contributed by atoms with van der Waals surface area (Å²) < 4.78 is 26.9. The Morgan fingerprint density at radius 3 is 2.09 bits per heavy atom. The van der Waals surface area contributed by atoms with Crippen molar-refractivity contribution in [2.75, 3.05) is 13.1 Å². The number of sulfonamides is 1. The lowest BCUT2D eigenvalue weighted by Gasteiger charge is -2.29. The molecule has 0 aliphatic carbocycles. The van der Waals surface area contributed by atoms with Crippen molar-refractivity contribution in [3.63, 3.8) is 0 Å². The van der Waals surface area contributed by atoms with Crippen LogP contribution in [0.2, 0.25) is 0 Å². The summed E-state index contributed by atoms with van der Waals surface area (Å²) in [5.74, 6) is 0.612. The molecule has 116 valence electrons. The summed E-state index contributed by atoms with van der Waals surface area (Å²) in [6, 6.07) is 10.9. The first-order valence-corrected chi connectivity index (χ1v) is 9.02. The monoisotopic (exact) mass is 316 g/mol. The van der Waals surface area contributed by atoms with Crippen LogP contribution in [0.4, 0.5) is 0 Å². The van der Waals surface area contributed by atoms with Crippen molar-refractivity contribution < 1.29 is 8.42 Å². The fourth-order valence-electron chi connectivity index (χ4n) is 2.74. The fourth-order valence-corrected chi connectivity index (χ4v) is 4.21. The first kappa shape index (κ1) is 15.2. The number of aromatic nitrogens is 1. The summed E-state index contributed by atoms with van der Waals surface area (Å²) in [4.78, 5) is 4.37. The quantitative estimate of drug-likeness (QED) is 0.874. The van der Waals surface area contributed by atoms with E-state index in [-0.39, 0.29) is 0 Å². The Balaban J connectivity index is 1.83. The molecule has 0 bridgehead atoms. The highest BCUT2D eigenvalue weighted by Gasteiger charge is 2.27. The number of piperidine rings is 1. The van der Waals surface area contributed by atoms with Crippen LogP contribution in [-0.4, -0.2) is 30.8 Å². The summed E-state index contributed by atoms with van der Waals surface area (Å²) in [5, 5.41) is 0. The molecule has 0 N–H and O–H groups in total. The van der Waals surface area contributed by atoms with Crippen LogP contribution in [0.15, 0.2) is 53.7 Å². The first-order valence-electron chi connectivity index (χ1n) is 7.58. The molecule has 3 rings (SSSR count). The highest BCUT2D eigenvalue weighted by atomic mass is 32.2. The molecular formula is C17H20N2O2S. The molecule has 1 aromatic heterocycles. The van der Waals surface area contributed by atoms with E-state index in [0.29, 0.717) is 23.9 Å². The Kier molecular flexibility index (Phi) is 4.27. The predicted octanol–water partition coefficient (Wildman–Crippen LogP) is 3.17. The van der Waals surface area contributed by atoms with Crippen molar-refractivity contribution >= 4 is 10.0 Å². The molecule has 1 saturated heterocycles. The van der Waals surface area contributed by atoms with Gasteiger partial charge in [-0.1, -0.05) is 19.1 Å². The minimum atomic E-state index is -3.36. The lowest BCUT2D eigenvalue weighted by atomic mass is 10.0. The van der Waals surface area contributed by atoms with Gasteiger partial charge in [-0.05, 0) is 54.2 Å². The molecule has 0 radical (unpaired) electrons. The highest BCUT2D eigenvalue weighted by molar-refractivity contribution is 7.89. The Morgan fingerprint density at radius 1 is 0.955 bits per heavy atom. The smallest absolute Gasteiger partial charge is 0.243 e. The van der Waals surface area contributed by atoms with E-state index in [1.807, 2.05) is 24.3 Å². The van der Waals surface area contributed by atoms with E-state index in [9.17, 15) is 8.42 Å². The van der Waals surface area contributed by atoms with Crippen molar-refractivity contribution in [1.82, 2.24) is 9.29 Å². The third kappa shape index (κ3) is 3.05. The molecule has 5 heteroatoms. The second-order valence-electron chi connectivity index (χ2n) is 5.85. The van der Waals surface area contributed by atoms with Crippen LogP contribution >= 0.6 is 0 Å². The maximum Gasteiger partial charge on any atom is 0.243 e. The molecule has 4 nitrogen and oxygen atoms in total. The predicted molar refractivity (Wildman–Crippen MR) is 86.8 cm³/mol. The van der Waals surface area contributed by atoms with Crippen LogP contribution in [0.25, 0.3) is 11.1 Å². The third-order valence-electron chi connectivity index (χ3n) is 4.25. The number of hydrogen-bond acceptors (Lipinski definition) is 3. The van der Waals surface area contributed by atoms with Crippen molar-refractivity contribution in [3.8, 4) is 11.1 Å². The van der Waals surface area contributed by atoms with Gasteiger partial charge in [0.1, 0.15) is 0 Å². The van der Waals surface area contributed by atoms with Gasteiger partial charge < -0.3 is 0 Å². The number of nitrogens with zero attached hydrogens (tertiary/aromatic N) is 2. The van der Waals surface area contributed by atoms with Crippen molar-refractivity contribution in [2.24, 2.45) is 5.92 Å². The van der Waals surface area contributed by atoms with Crippen LogP contribution in [0.5, 0.6) is 0 Å². The van der Waals surface area contributed by atoms with E-state index in [2.05, 4.69) is 11.9 Å². The van der Waals surface area contributed by atoms with E-state index in [0.717, 1.165) is 24.0 Å². The molecule has 1 aliphatic rings. The van der Waals surface area contributed by atoms with Gasteiger partial charge in [0.2, 0.25) is 10.0 Å². The molecule has 0 saturated carbocycles. The molecule has 0 atom stereocenters. The number of pyridine rings is 1. The average molecular weight is 316 g/mol. The second kappa shape index (κ2) is 6.18. The van der Waals surface area contributed by atoms with Gasteiger partial charge in [-0.25, -0.2) is 8.42 Å². The molecule has 1 aliphatic heterocycles. The van der Waals surface area contributed by atoms with E-state index in [1.165, 1.54) is 0 Å². The maximum atomic E-state index is 12.7. The lowest BCUT2D eigenvalue weighted by molar-refractivity contribution is 0.288. The largest absolute Gasteiger partial charge is 0.265 e. The summed E-state index contributed by atoms with van der Waals surface area (Å²) in [6.07, 6.45) is 5.34. The van der Waals surface area contributed by atoms with Crippen LogP contribution < -0.4 is 0 Å². The summed E-state index contributed by atoms with van der Waals surface area (Å²) >= 11 is 0. The van der Waals surface area contributed by atoms with Crippen molar-refractivity contribution in [2.45, 2.75) is 24.7 Å². The Bertz CT molecular complexity index is 719. The minimum absolute atomic E-state index is 0.375. The average Bonchev–Trinajstić information content (AvgIpc) is 2.56. The minimum Gasteiger partial charge on any atom is -0.265 e. The highest BCUT2D eigenvalue weighted by Crippen LogP contribution is 2.25. The normalized spacial score (nSPS) is 17.5. The summed E-state index contributed by atoms with van der Waals surface area (Å²) in [6.45, 7) is 3.42. The third-order valence-corrected chi connectivity index (χ3v) is 6.16. The molecule has 0 unspecified atom stereocenters. The number of rotatable bonds is 3. The Hall–Kier alpha value is -1.72. The van der Waals surface area contributed by atoms with Gasteiger partial charge >= 0.3 is 0 Å². The van der Waals surface area contributed by atoms with Gasteiger partial charge in [0.05, 0.1) is 4.90 Å². The second-order valence-corrected chi connectivity index (χ2v) is 7.78. The van der Waals surface area contributed by atoms with Crippen LogP contribution in [0, 0.1) is 5.92 Å². The molecule has 2 heterocycles. The van der Waals surface area contributed by atoms with Gasteiger partial charge in [-0.15, -0.1) is 0 Å². The van der Waals surface area contributed by atoms with E-state index in [4.69, 9.17) is 0 Å². The molecule has 1 aromatic carbocycles. The summed E-state index contributed by atoms with van der Waals surface area (Å²) in [5.41, 5.74) is 2.03. The zero-order chi connectivity index (χ0) is 15.6. The number of benzene rings is 1. The molecule has 1 fully saturated rings. The SMILES string of the molecule is CC1CCN(S(=O)(=O)c2ccc(-c3ccncc3)cc2)CC1. The van der Waals surface area contributed by atoms with Crippen molar-refractivity contribution in [3.05, 3.63) is 48.8 Å². The van der Waals surface area contributed by atoms with Crippen LogP contribution in [-0.2, 0) is 10.0 Å². The Labute approximate surface area is 131 Å². The van der Waals surface area contributed by atoms with Gasteiger partial charge in [-0.3, -0.25) is 4.98 Å². The summed E-state index contributed by atoms with van der Waals surface area (Å²) in [7, 11) is -3.36. The molecule has 0 spiro atoms. The molecular weight excluding hydrogens is 296 g/mol. The van der Waals surface area contributed by atoms with Crippen LogP contribution in [0.3, 0.4) is 0 Å².